The number of nitrogens with zero attached hydrogens (tertiary/aromatic N) is 1. The van der Waals surface area contributed by atoms with Crippen LogP contribution in [0, 0.1) is 0 Å². The highest BCUT2D eigenvalue weighted by atomic mass is 35.5. The van der Waals surface area contributed by atoms with Gasteiger partial charge < -0.3 is 5.73 Å². The van der Waals surface area contributed by atoms with Crippen molar-refractivity contribution < 1.29 is 0 Å². The van der Waals surface area contributed by atoms with Gasteiger partial charge >= 0.3 is 0 Å². The fraction of sp³-hybridized carbons (Fsp3) is 0. The van der Waals surface area contributed by atoms with E-state index in [-0.39, 0.29) is 10.0 Å². The number of nitrogens with two attached hydrogens (primary N) is 1. The van der Waals surface area contributed by atoms with Crippen LogP contribution in [0.4, 0.5) is 5.69 Å². The number of nitrogen functional groups attached to an aromatic ring is 1. The number of hydrogen-bond donors (Lipinski definition) is 2. The average Bonchev–Trinajstić information content (AvgIpc) is 2.28. The van der Waals surface area contributed by atoms with E-state index in [4.69, 9.17) is 28.9 Å². The van der Waals surface area contributed by atoms with Crippen molar-refractivity contribution in [3.63, 3.8) is 0 Å². The van der Waals surface area contributed by atoms with Gasteiger partial charge in [0, 0.05) is 11.3 Å². The SMILES string of the molecule is Nc1ccc(-c2n[nH]c(=O)c(Cl)c2Cl)cc1. The summed E-state index contributed by atoms with van der Waals surface area (Å²) in [5, 5.41) is 6.18. The Morgan fingerprint density at radius 1 is 1.12 bits per heavy atom. The first-order chi connectivity index (χ1) is 7.59. The maximum Gasteiger partial charge on any atom is 0.284 e. The van der Waals surface area contributed by atoms with Gasteiger partial charge in [-0.3, -0.25) is 4.79 Å². The van der Waals surface area contributed by atoms with Crippen molar-refractivity contribution in [3.8, 4) is 11.3 Å². The lowest BCUT2D eigenvalue weighted by Gasteiger charge is -2.04. The number of H-pyrrole nitrogens is 1. The molecule has 0 aliphatic rings. The fourth-order valence-electron chi connectivity index (χ4n) is 1.24. The standard InChI is InChI=1S/C10H7Cl2N3O/c11-7-8(12)10(16)15-14-9(7)5-1-3-6(13)4-2-5/h1-4H,13H2,(H,15,16). The number of rotatable bonds is 1. The zero-order valence-electron chi connectivity index (χ0n) is 8.00. The maximum absolute atomic E-state index is 11.1. The van der Waals surface area contributed by atoms with Crippen LogP contribution in [0.2, 0.25) is 10.0 Å². The highest BCUT2D eigenvalue weighted by Crippen LogP contribution is 2.29. The molecule has 4 nitrogen and oxygen atoms in total. The molecule has 0 bridgehead atoms. The smallest absolute Gasteiger partial charge is 0.284 e. The van der Waals surface area contributed by atoms with Crippen molar-refractivity contribution in [2.45, 2.75) is 0 Å². The number of aromatic nitrogens is 2. The Morgan fingerprint density at radius 2 is 1.75 bits per heavy atom. The van der Waals surface area contributed by atoms with Gasteiger partial charge in [-0.15, -0.1) is 0 Å². The molecule has 0 atom stereocenters. The lowest BCUT2D eigenvalue weighted by Crippen LogP contribution is -2.09. The van der Waals surface area contributed by atoms with E-state index < -0.39 is 5.56 Å². The molecule has 0 saturated carbocycles. The molecule has 0 fully saturated rings. The van der Waals surface area contributed by atoms with E-state index >= 15 is 0 Å². The minimum Gasteiger partial charge on any atom is -0.399 e. The molecular weight excluding hydrogens is 249 g/mol. The molecule has 16 heavy (non-hydrogen) atoms. The van der Waals surface area contributed by atoms with Crippen LogP contribution in [0.3, 0.4) is 0 Å². The molecule has 0 spiro atoms. The van der Waals surface area contributed by atoms with Gasteiger partial charge in [-0.2, -0.15) is 5.10 Å². The Morgan fingerprint density at radius 3 is 2.38 bits per heavy atom. The normalized spacial score (nSPS) is 10.4. The maximum atomic E-state index is 11.1. The lowest BCUT2D eigenvalue weighted by atomic mass is 10.1. The van der Waals surface area contributed by atoms with E-state index in [2.05, 4.69) is 10.2 Å². The topological polar surface area (TPSA) is 71.8 Å². The highest BCUT2D eigenvalue weighted by Gasteiger charge is 2.11. The second-order valence-electron chi connectivity index (χ2n) is 3.15. The monoisotopic (exact) mass is 255 g/mol. The minimum atomic E-state index is -0.508. The van der Waals surface area contributed by atoms with E-state index in [1.807, 2.05) is 0 Å². The Labute approximate surface area is 101 Å². The van der Waals surface area contributed by atoms with Crippen LogP contribution >= 0.6 is 23.2 Å². The Kier molecular flexibility index (Phi) is 2.85. The van der Waals surface area contributed by atoms with Crippen LogP contribution in [0.5, 0.6) is 0 Å². The molecular formula is C10H7Cl2N3O. The minimum absolute atomic E-state index is 0.0662. The number of aromatic amines is 1. The molecule has 0 aliphatic carbocycles. The van der Waals surface area contributed by atoms with Gasteiger partial charge in [0.05, 0.1) is 5.02 Å². The van der Waals surface area contributed by atoms with Gasteiger partial charge in [0.25, 0.3) is 5.56 Å². The first-order valence-corrected chi connectivity index (χ1v) is 5.15. The summed E-state index contributed by atoms with van der Waals surface area (Å²) in [7, 11) is 0. The van der Waals surface area contributed by atoms with Crippen LogP contribution in [0.1, 0.15) is 0 Å². The Hall–Kier alpha value is -1.52. The van der Waals surface area contributed by atoms with Crippen molar-refractivity contribution in [1.82, 2.24) is 10.2 Å². The predicted molar refractivity (Wildman–Crippen MR) is 64.7 cm³/mol. The molecule has 0 unspecified atom stereocenters. The highest BCUT2D eigenvalue weighted by molar-refractivity contribution is 6.43. The molecule has 0 aliphatic heterocycles. The molecule has 0 saturated heterocycles. The summed E-state index contributed by atoms with van der Waals surface area (Å²) in [6.45, 7) is 0. The third-order valence-electron chi connectivity index (χ3n) is 2.05. The zero-order valence-corrected chi connectivity index (χ0v) is 9.51. The number of halogens is 2. The third-order valence-corrected chi connectivity index (χ3v) is 2.88. The van der Waals surface area contributed by atoms with Crippen molar-refractivity contribution in [1.29, 1.82) is 0 Å². The number of benzene rings is 1. The summed E-state index contributed by atoms with van der Waals surface area (Å²) in [6.07, 6.45) is 0. The summed E-state index contributed by atoms with van der Waals surface area (Å²) in [5.41, 5.74) is 6.84. The van der Waals surface area contributed by atoms with Gasteiger partial charge in [0.1, 0.15) is 10.7 Å². The van der Waals surface area contributed by atoms with E-state index in [9.17, 15) is 4.79 Å². The first kappa shape index (κ1) is 11.0. The Balaban J connectivity index is 2.61. The summed E-state index contributed by atoms with van der Waals surface area (Å²) < 4.78 is 0. The molecule has 3 N–H and O–H groups in total. The van der Waals surface area contributed by atoms with Gasteiger partial charge in [-0.1, -0.05) is 35.3 Å². The number of hydrogen-bond acceptors (Lipinski definition) is 3. The van der Waals surface area contributed by atoms with E-state index in [0.717, 1.165) is 5.56 Å². The van der Waals surface area contributed by atoms with E-state index in [1.165, 1.54) is 0 Å². The predicted octanol–water partition coefficient (Wildman–Crippen LogP) is 2.33. The molecule has 2 aromatic rings. The van der Waals surface area contributed by atoms with E-state index in [0.29, 0.717) is 11.4 Å². The fourth-order valence-corrected chi connectivity index (χ4v) is 1.61. The summed E-state index contributed by atoms with van der Waals surface area (Å²) in [5.74, 6) is 0. The van der Waals surface area contributed by atoms with Crippen LogP contribution < -0.4 is 11.3 Å². The van der Waals surface area contributed by atoms with Gasteiger partial charge in [0.15, 0.2) is 0 Å². The summed E-state index contributed by atoms with van der Waals surface area (Å²) in [4.78, 5) is 11.1. The molecule has 2 rings (SSSR count). The molecule has 1 aromatic carbocycles. The molecule has 6 heteroatoms. The molecule has 0 radical (unpaired) electrons. The molecule has 82 valence electrons. The van der Waals surface area contributed by atoms with Crippen LogP contribution in [0.25, 0.3) is 11.3 Å². The van der Waals surface area contributed by atoms with Crippen LogP contribution in [0.15, 0.2) is 29.1 Å². The third kappa shape index (κ3) is 1.89. The Bertz CT molecular complexity index is 578. The second kappa shape index (κ2) is 4.15. The van der Waals surface area contributed by atoms with Crippen molar-refractivity contribution >= 4 is 28.9 Å². The quantitative estimate of drug-likeness (QED) is 0.769. The largest absolute Gasteiger partial charge is 0.399 e. The van der Waals surface area contributed by atoms with E-state index in [1.54, 1.807) is 24.3 Å². The van der Waals surface area contributed by atoms with Gasteiger partial charge in [0.2, 0.25) is 0 Å². The number of nitrogens with one attached hydrogen (secondary N) is 1. The number of anilines is 1. The van der Waals surface area contributed by atoms with Crippen LogP contribution in [-0.2, 0) is 0 Å². The summed E-state index contributed by atoms with van der Waals surface area (Å²) in [6, 6.07) is 6.93. The van der Waals surface area contributed by atoms with Crippen LogP contribution in [-0.4, -0.2) is 10.2 Å². The van der Waals surface area contributed by atoms with Gasteiger partial charge in [-0.05, 0) is 12.1 Å². The molecule has 1 heterocycles. The molecule has 1 aromatic heterocycles. The van der Waals surface area contributed by atoms with Crippen molar-refractivity contribution in [2.75, 3.05) is 5.73 Å². The average molecular weight is 256 g/mol. The summed E-state index contributed by atoms with van der Waals surface area (Å²) >= 11 is 11.7. The second-order valence-corrected chi connectivity index (χ2v) is 3.91. The van der Waals surface area contributed by atoms with Crippen molar-refractivity contribution in [2.24, 2.45) is 0 Å². The van der Waals surface area contributed by atoms with Gasteiger partial charge in [-0.25, -0.2) is 5.10 Å². The zero-order chi connectivity index (χ0) is 11.7. The van der Waals surface area contributed by atoms with Crippen molar-refractivity contribution in [3.05, 3.63) is 44.7 Å². The lowest BCUT2D eigenvalue weighted by molar-refractivity contribution is 0.996. The molecule has 0 amide bonds. The first-order valence-electron chi connectivity index (χ1n) is 4.39.